The number of aryl methyl sites for hydroxylation is 1. The van der Waals surface area contributed by atoms with Crippen LogP contribution in [0.1, 0.15) is 19.4 Å². The van der Waals surface area contributed by atoms with Crippen LogP contribution >= 0.6 is 0 Å². The largest absolute Gasteiger partial charge is 0.497 e. The number of anilines is 1. The first-order valence-electron chi connectivity index (χ1n) is 5.66. The fraction of sp³-hybridized carbons (Fsp3) is 0.462. The number of hydrogen-bond acceptors (Lipinski definition) is 3. The first-order chi connectivity index (χ1) is 7.95. The van der Waals surface area contributed by atoms with Gasteiger partial charge in [0.15, 0.2) is 0 Å². The second-order valence-electron chi connectivity index (χ2n) is 4.44. The molecule has 0 aromatic heterocycles. The molecule has 1 amide bonds. The van der Waals surface area contributed by atoms with E-state index in [0.717, 1.165) is 17.0 Å². The molecule has 0 spiro atoms. The number of amides is 1. The average molecular weight is 236 g/mol. The molecule has 94 valence electrons. The second kappa shape index (κ2) is 5.68. The molecule has 3 N–H and O–H groups in total. The maximum atomic E-state index is 11.8. The number of carbonyl (C=O) groups excluding carboxylic acids is 1. The van der Waals surface area contributed by atoms with Gasteiger partial charge in [0.2, 0.25) is 5.91 Å². The Morgan fingerprint density at radius 2 is 2.06 bits per heavy atom. The molecule has 0 radical (unpaired) electrons. The zero-order valence-electron chi connectivity index (χ0n) is 10.8. The summed E-state index contributed by atoms with van der Waals surface area (Å²) in [5, 5.41) is 2.82. The molecule has 0 saturated carbocycles. The van der Waals surface area contributed by atoms with Crippen molar-refractivity contribution >= 4 is 11.6 Å². The molecule has 0 bridgehead atoms. The summed E-state index contributed by atoms with van der Waals surface area (Å²) in [5.41, 5.74) is 7.50. The van der Waals surface area contributed by atoms with Crippen molar-refractivity contribution in [1.82, 2.24) is 0 Å². The van der Waals surface area contributed by atoms with Crippen molar-refractivity contribution in [3.63, 3.8) is 0 Å². The van der Waals surface area contributed by atoms with Crippen molar-refractivity contribution in [1.29, 1.82) is 0 Å². The smallest absolute Gasteiger partial charge is 0.241 e. The number of nitrogens with two attached hydrogens (primary N) is 1. The first-order valence-corrected chi connectivity index (χ1v) is 5.66. The number of hydrogen-bond donors (Lipinski definition) is 2. The lowest BCUT2D eigenvalue weighted by molar-refractivity contribution is -0.118. The van der Waals surface area contributed by atoms with Gasteiger partial charge in [-0.15, -0.1) is 0 Å². The summed E-state index contributed by atoms with van der Waals surface area (Å²) in [5.74, 6) is 0.732. The first kappa shape index (κ1) is 13.5. The van der Waals surface area contributed by atoms with Crippen LogP contribution in [0.4, 0.5) is 5.69 Å². The third-order valence-electron chi connectivity index (χ3n) is 2.71. The molecule has 4 heteroatoms. The van der Waals surface area contributed by atoms with E-state index in [1.54, 1.807) is 7.11 Å². The number of methoxy groups -OCH3 is 1. The summed E-state index contributed by atoms with van der Waals surface area (Å²) < 4.78 is 5.10. The van der Waals surface area contributed by atoms with Crippen molar-refractivity contribution < 1.29 is 9.53 Å². The molecule has 0 saturated heterocycles. The van der Waals surface area contributed by atoms with Gasteiger partial charge in [0.1, 0.15) is 5.75 Å². The van der Waals surface area contributed by atoms with Crippen molar-refractivity contribution in [2.45, 2.75) is 26.8 Å². The van der Waals surface area contributed by atoms with Gasteiger partial charge in [-0.05, 0) is 36.6 Å². The third-order valence-corrected chi connectivity index (χ3v) is 2.71. The molecule has 17 heavy (non-hydrogen) atoms. The third kappa shape index (κ3) is 3.46. The Labute approximate surface area is 102 Å². The predicted octanol–water partition coefficient (Wildman–Crippen LogP) is 1.93. The van der Waals surface area contributed by atoms with E-state index in [4.69, 9.17) is 10.5 Å². The minimum Gasteiger partial charge on any atom is -0.497 e. The number of rotatable bonds is 4. The number of nitrogens with one attached hydrogen (secondary N) is 1. The number of carbonyl (C=O) groups is 1. The van der Waals surface area contributed by atoms with Gasteiger partial charge in [-0.2, -0.15) is 0 Å². The van der Waals surface area contributed by atoms with Crippen LogP contribution in [0.2, 0.25) is 0 Å². The highest BCUT2D eigenvalue weighted by Gasteiger charge is 2.17. The van der Waals surface area contributed by atoms with E-state index >= 15 is 0 Å². The molecule has 1 rings (SSSR count). The molecule has 0 aliphatic carbocycles. The second-order valence-corrected chi connectivity index (χ2v) is 4.44. The van der Waals surface area contributed by atoms with Gasteiger partial charge in [-0.1, -0.05) is 13.8 Å². The minimum absolute atomic E-state index is 0.119. The van der Waals surface area contributed by atoms with Crippen LogP contribution < -0.4 is 15.8 Å². The average Bonchev–Trinajstić information content (AvgIpc) is 2.30. The molecule has 1 aromatic rings. The van der Waals surface area contributed by atoms with Crippen LogP contribution in [-0.2, 0) is 4.79 Å². The Kier molecular flexibility index (Phi) is 4.52. The molecule has 0 unspecified atom stereocenters. The topological polar surface area (TPSA) is 64.3 Å². The Morgan fingerprint density at radius 3 is 2.53 bits per heavy atom. The molecule has 0 aliphatic heterocycles. The van der Waals surface area contributed by atoms with E-state index < -0.39 is 6.04 Å². The summed E-state index contributed by atoms with van der Waals surface area (Å²) in [7, 11) is 1.61. The summed E-state index contributed by atoms with van der Waals surface area (Å²) >= 11 is 0. The van der Waals surface area contributed by atoms with Gasteiger partial charge in [0.25, 0.3) is 0 Å². The van der Waals surface area contributed by atoms with Crippen molar-refractivity contribution in [2.75, 3.05) is 12.4 Å². The Bertz CT molecular complexity index is 402. The van der Waals surface area contributed by atoms with Gasteiger partial charge in [-0.25, -0.2) is 0 Å². The van der Waals surface area contributed by atoms with Crippen LogP contribution in [0, 0.1) is 12.8 Å². The fourth-order valence-corrected chi connectivity index (χ4v) is 1.42. The molecule has 0 fully saturated rings. The quantitative estimate of drug-likeness (QED) is 0.839. The maximum absolute atomic E-state index is 11.8. The Hall–Kier alpha value is -1.55. The lowest BCUT2D eigenvalue weighted by atomic mass is 10.0. The lowest BCUT2D eigenvalue weighted by Crippen LogP contribution is -2.39. The molecular formula is C13H20N2O2. The molecule has 1 atom stereocenters. The maximum Gasteiger partial charge on any atom is 0.241 e. The molecular weight excluding hydrogens is 216 g/mol. The van der Waals surface area contributed by atoms with Gasteiger partial charge < -0.3 is 15.8 Å². The Morgan fingerprint density at radius 1 is 1.41 bits per heavy atom. The zero-order chi connectivity index (χ0) is 13.0. The van der Waals surface area contributed by atoms with Crippen molar-refractivity contribution in [3.05, 3.63) is 23.8 Å². The highest BCUT2D eigenvalue weighted by atomic mass is 16.5. The monoisotopic (exact) mass is 236 g/mol. The van der Waals surface area contributed by atoms with E-state index in [9.17, 15) is 4.79 Å². The number of ether oxygens (including phenoxy) is 1. The van der Waals surface area contributed by atoms with Crippen LogP contribution in [-0.4, -0.2) is 19.1 Å². The molecule has 4 nitrogen and oxygen atoms in total. The van der Waals surface area contributed by atoms with Crippen LogP contribution in [0.15, 0.2) is 18.2 Å². The van der Waals surface area contributed by atoms with Gasteiger partial charge in [0.05, 0.1) is 13.2 Å². The lowest BCUT2D eigenvalue weighted by Gasteiger charge is -2.16. The van der Waals surface area contributed by atoms with E-state index in [0.29, 0.717) is 0 Å². The standard InChI is InChI=1S/C13H20N2O2/c1-8(2)12(14)13(16)15-11-6-5-10(17-4)7-9(11)3/h5-8,12H,14H2,1-4H3,(H,15,16)/t12-/m0/s1. The Balaban J connectivity index is 2.78. The van der Waals surface area contributed by atoms with Gasteiger partial charge >= 0.3 is 0 Å². The SMILES string of the molecule is COc1ccc(NC(=O)[C@@H](N)C(C)C)c(C)c1. The van der Waals surface area contributed by atoms with E-state index in [-0.39, 0.29) is 11.8 Å². The molecule has 0 aliphatic rings. The zero-order valence-corrected chi connectivity index (χ0v) is 10.8. The predicted molar refractivity (Wildman–Crippen MR) is 69.2 cm³/mol. The highest BCUT2D eigenvalue weighted by Crippen LogP contribution is 2.21. The number of benzene rings is 1. The molecule has 1 aromatic carbocycles. The fourth-order valence-electron chi connectivity index (χ4n) is 1.42. The van der Waals surface area contributed by atoms with Crippen LogP contribution in [0.3, 0.4) is 0 Å². The molecule has 0 heterocycles. The summed E-state index contributed by atoms with van der Waals surface area (Å²) in [6.45, 7) is 5.76. The van der Waals surface area contributed by atoms with Gasteiger partial charge in [0, 0.05) is 5.69 Å². The van der Waals surface area contributed by atoms with Crippen molar-refractivity contribution in [3.8, 4) is 5.75 Å². The van der Waals surface area contributed by atoms with E-state index in [1.165, 1.54) is 0 Å². The van der Waals surface area contributed by atoms with Crippen LogP contribution in [0.25, 0.3) is 0 Å². The van der Waals surface area contributed by atoms with E-state index in [2.05, 4.69) is 5.32 Å². The summed E-state index contributed by atoms with van der Waals surface area (Å²) in [4.78, 5) is 11.8. The normalized spacial score (nSPS) is 12.4. The summed E-state index contributed by atoms with van der Waals surface area (Å²) in [6.07, 6.45) is 0. The highest BCUT2D eigenvalue weighted by molar-refractivity contribution is 5.95. The minimum atomic E-state index is -0.489. The van der Waals surface area contributed by atoms with E-state index in [1.807, 2.05) is 39.0 Å². The summed E-state index contributed by atoms with van der Waals surface area (Å²) in [6, 6.07) is 5.01. The van der Waals surface area contributed by atoms with Crippen molar-refractivity contribution in [2.24, 2.45) is 11.7 Å². The van der Waals surface area contributed by atoms with Crippen LogP contribution in [0.5, 0.6) is 5.75 Å². The van der Waals surface area contributed by atoms with Gasteiger partial charge in [-0.3, -0.25) is 4.79 Å².